The van der Waals surface area contributed by atoms with E-state index in [9.17, 15) is 39.6 Å². The third-order valence-electron chi connectivity index (χ3n) is 13.2. The Morgan fingerprint density at radius 1 is 0.912 bits per heavy atom. The fourth-order valence-electron chi connectivity index (χ4n) is 9.31. The average Bonchev–Trinajstić information content (AvgIpc) is 3.20. The maximum Gasteiger partial charge on any atom is 0.329 e. The fourth-order valence-corrected chi connectivity index (χ4v) is 9.31. The quantitative estimate of drug-likeness (QED) is 0.173. The average molecular weight is 808 g/mol. The van der Waals surface area contributed by atoms with E-state index in [1.165, 1.54) is 14.2 Å². The van der Waals surface area contributed by atoms with Crippen LogP contribution in [0.4, 0.5) is 0 Å². The number of cyclic esters (lactones) is 1. The minimum Gasteiger partial charge on any atom is -0.456 e. The second-order valence-corrected chi connectivity index (χ2v) is 17.2. The number of aliphatic hydroxyl groups excluding tert-OH is 3. The number of carbonyl (C=O) groups is 4. The van der Waals surface area contributed by atoms with Crippen LogP contribution in [0.5, 0.6) is 0 Å². The first-order valence-electron chi connectivity index (χ1n) is 20.9. The van der Waals surface area contributed by atoms with Gasteiger partial charge in [0.1, 0.15) is 24.0 Å². The Bertz CT molecular complexity index is 1470. The first-order chi connectivity index (χ1) is 26.9. The molecule has 3 aliphatic heterocycles. The Hall–Kier alpha value is -2.56. The van der Waals surface area contributed by atoms with Crippen LogP contribution in [0.3, 0.4) is 0 Å². The second-order valence-electron chi connectivity index (χ2n) is 17.2. The van der Waals surface area contributed by atoms with E-state index < -0.39 is 95.9 Å². The van der Waals surface area contributed by atoms with Gasteiger partial charge in [0.15, 0.2) is 0 Å². The van der Waals surface area contributed by atoms with Crippen molar-refractivity contribution in [2.75, 3.05) is 27.9 Å². The smallest absolute Gasteiger partial charge is 0.329 e. The number of methoxy groups -OCH3 is 3. The molecule has 4 aliphatic rings. The molecule has 2 saturated heterocycles. The summed E-state index contributed by atoms with van der Waals surface area (Å²) in [6.45, 7) is 10.6. The number of Topliss-reactive ketones (excluding diaryl/α,β-unsaturated/α-hetero) is 2. The molecule has 0 aromatic rings. The number of allylic oxidation sites excluding steroid dienone is 2. The summed E-state index contributed by atoms with van der Waals surface area (Å²) in [7, 11) is 4.49. The molecule has 1 amide bonds. The van der Waals surface area contributed by atoms with Gasteiger partial charge in [-0.15, -0.1) is 0 Å². The molecule has 3 heterocycles. The van der Waals surface area contributed by atoms with E-state index >= 15 is 0 Å². The Balaban J connectivity index is 1.79. The van der Waals surface area contributed by atoms with Gasteiger partial charge in [-0.05, 0) is 94.6 Å². The summed E-state index contributed by atoms with van der Waals surface area (Å²) in [6, 6.07) is -1.16. The molecular formula is C43H69NO13. The van der Waals surface area contributed by atoms with Crippen LogP contribution in [0, 0.1) is 29.6 Å². The van der Waals surface area contributed by atoms with Crippen molar-refractivity contribution >= 4 is 23.4 Å². The zero-order chi connectivity index (χ0) is 42.4. The summed E-state index contributed by atoms with van der Waals surface area (Å²) in [5.41, 5.74) is 1.19. The van der Waals surface area contributed by atoms with Gasteiger partial charge in [0.2, 0.25) is 5.79 Å². The highest BCUT2D eigenvalue weighted by Gasteiger charge is 2.56. The molecule has 1 saturated carbocycles. The van der Waals surface area contributed by atoms with Crippen LogP contribution in [0.2, 0.25) is 0 Å². The molecule has 0 aromatic heterocycles. The van der Waals surface area contributed by atoms with Crippen LogP contribution < -0.4 is 0 Å². The molecule has 3 fully saturated rings. The molecule has 14 heteroatoms. The van der Waals surface area contributed by atoms with Gasteiger partial charge >= 0.3 is 5.97 Å². The number of carbonyl (C=O) groups excluding carboxylic acids is 4. The van der Waals surface area contributed by atoms with Gasteiger partial charge < -0.3 is 49.0 Å². The fraction of sp³-hybridized carbons (Fsp3) is 0.814. The van der Waals surface area contributed by atoms with Crippen LogP contribution in [-0.4, -0.2) is 137 Å². The summed E-state index contributed by atoms with van der Waals surface area (Å²) in [4.78, 5) is 57.7. The molecule has 4 N–H and O–H groups in total. The number of fused-ring (bicyclic) bond motifs is 3. The standard InChI is InChI=1S/C43H69NO13/c1-10-29-18-23(2)37(48)24(3)19-35(54-8)39-36(55-9)20-26(5)43(52,57-39)40(49)41(50)44-16-12-11-13-30(44)42(51)56-38(27(6)32(46)22-33(29)47)25(4)17-28-14-15-31(45)34(21-28)53-7/h17-18,24,26-32,34-39,45-46,48,52H,10-16,19-22H2,1-9H3/b23-18+,25-17+/t24-,26-,27-,28+,29-,30+,31-,32+,34-,35+,36+,37?,38-,39-,43-/m1/s1. The lowest BCUT2D eigenvalue weighted by Crippen LogP contribution is -2.64. The normalized spacial score (nSPS) is 42.4. The van der Waals surface area contributed by atoms with Crippen molar-refractivity contribution in [2.45, 2.75) is 166 Å². The molecule has 1 aliphatic carbocycles. The van der Waals surface area contributed by atoms with E-state index in [2.05, 4.69) is 0 Å². The monoisotopic (exact) mass is 807 g/mol. The van der Waals surface area contributed by atoms with Gasteiger partial charge in [0, 0.05) is 52.0 Å². The zero-order valence-corrected chi connectivity index (χ0v) is 35.4. The SMILES string of the molecule is CC[C@@H]1/C=C(\C)C(O)[C@H](C)C[C@H](OC)[C@H]2O[C@@](O)(C(=O)C(=O)N3CCCC[C@H]3C(=O)O[C@H](/C(C)=C/[C@@H]3CC[C@@H](O)[C@H](OC)C3)[C@H](C)[C@@H](O)CC1=O)[C@H](C)C[C@@H]2OC. The molecule has 4 rings (SSSR count). The number of hydrogen-bond acceptors (Lipinski definition) is 13. The number of hydrogen-bond donors (Lipinski definition) is 4. The van der Waals surface area contributed by atoms with Crippen molar-refractivity contribution in [3.63, 3.8) is 0 Å². The van der Waals surface area contributed by atoms with E-state index in [4.69, 9.17) is 23.7 Å². The van der Waals surface area contributed by atoms with Crippen molar-refractivity contribution in [1.82, 2.24) is 4.90 Å². The van der Waals surface area contributed by atoms with Crippen LogP contribution in [-0.2, 0) is 42.9 Å². The lowest BCUT2D eigenvalue weighted by atomic mass is 9.81. The number of nitrogens with zero attached hydrogens (tertiary/aromatic N) is 1. The first kappa shape index (κ1) is 47.1. The Morgan fingerprint density at radius 3 is 2.19 bits per heavy atom. The summed E-state index contributed by atoms with van der Waals surface area (Å²) < 4.78 is 29.6. The third kappa shape index (κ3) is 10.8. The van der Waals surface area contributed by atoms with E-state index in [1.807, 2.05) is 19.9 Å². The molecule has 0 radical (unpaired) electrons. The van der Waals surface area contributed by atoms with Crippen molar-refractivity contribution < 1.29 is 63.3 Å². The predicted octanol–water partition coefficient (Wildman–Crippen LogP) is 3.44. The van der Waals surface area contributed by atoms with Crippen molar-refractivity contribution in [3.05, 3.63) is 23.3 Å². The number of rotatable bonds is 6. The van der Waals surface area contributed by atoms with E-state index in [0.29, 0.717) is 49.7 Å². The molecule has 0 spiro atoms. The van der Waals surface area contributed by atoms with Gasteiger partial charge in [-0.1, -0.05) is 39.8 Å². The lowest BCUT2D eigenvalue weighted by Gasteiger charge is -2.47. The van der Waals surface area contributed by atoms with Crippen molar-refractivity contribution in [2.24, 2.45) is 29.6 Å². The van der Waals surface area contributed by atoms with Gasteiger partial charge in [-0.3, -0.25) is 14.4 Å². The first-order valence-corrected chi connectivity index (χ1v) is 20.9. The van der Waals surface area contributed by atoms with E-state index in [0.717, 1.165) is 4.90 Å². The number of ether oxygens (including phenoxy) is 5. The van der Waals surface area contributed by atoms with Gasteiger partial charge in [-0.2, -0.15) is 0 Å². The molecule has 0 aromatic carbocycles. The third-order valence-corrected chi connectivity index (χ3v) is 13.2. The largest absolute Gasteiger partial charge is 0.456 e. The van der Waals surface area contributed by atoms with Crippen LogP contribution in [0.25, 0.3) is 0 Å². The van der Waals surface area contributed by atoms with Crippen molar-refractivity contribution in [1.29, 1.82) is 0 Å². The topological polar surface area (TPSA) is 199 Å². The summed E-state index contributed by atoms with van der Waals surface area (Å²) in [6.07, 6.45) is 0.618. The number of esters is 1. The highest BCUT2D eigenvalue weighted by molar-refractivity contribution is 6.39. The Kier molecular flexibility index (Phi) is 17.0. The maximum atomic E-state index is 14.3. The Morgan fingerprint density at radius 2 is 1.56 bits per heavy atom. The van der Waals surface area contributed by atoms with Gasteiger partial charge in [0.25, 0.3) is 11.7 Å². The molecular weight excluding hydrogens is 738 g/mol. The number of amides is 1. The predicted molar refractivity (Wildman–Crippen MR) is 209 cm³/mol. The van der Waals surface area contributed by atoms with Gasteiger partial charge in [0.05, 0.1) is 36.6 Å². The van der Waals surface area contributed by atoms with Crippen LogP contribution in [0.1, 0.15) is 106 Å². The molecule has 1 unspecified atom stereocenters. The molecule has 57 heavy (non-hydrogen) atoms. The molecule has 2 bridgehead atoms. The highest BCUT2D eigenvalue weighted by atomic mass is 16.7. The van der Waals surface area contributed by atoms with Gasteiger partial charge in [-0.25, -0.2) is 4.79 Å². The molecule has 15 atom stereocenters. The van der Waals surface area contributed by atoms with E-state index in [-0.39, 0.29) is 50.0 Å². The van der Waals surface area contributed by atoms with E-state index in [1.54, 1.807) is 40.9 Å². The highest BCUT2D eigenvalue weighted by Crippen LogP contribution is 2.39. The van der Waals surface area contributed by atoms with Crippen molar-refractivity contribution in [3.8, 4) is 0 Å². The number of piperidine rings is 1. The molecule has 324 valence electrons. The number of aliphatic hydroxyl groups is 4. The van der Waals surface area contributed by atoms with Crippen LogP contribution >= 0.6 is 0 Å². The maximum absolute atomic E-state index is 14.3. The summed E-state index contributed by atoms with van der Waals surface area (Å²) in [5, 5.41) is 45.6. The summed E-state index contributed by atoms with van der Waals surface area (Å²) in [5.74, 6) is -8.59. The summed E-state index contributed by atoms with van der Waals surface area (Å²) >= 11 is 0. The second kappa shape index (κ2) is 20.6. The van der Waals surface area contributed by atoms with Crippen LogP contribution in [0.15, 0.2) is 23.3 Å². The lowest BCUT2D eigenvalue weighted by molar-refractivity contribution is -0.302. The minimum absolute atomic E-state index is 0.0255. The minimum atomic E-state index is -2.57. The molecule has 14 nitrogen and oxygen atoms in total. The Labute approximate surface area is 338 Å². The number of ketones is 2. The zero-order valence-electron chi connectivity index (χ0n) is 35.4.